The van der Waals surface area contributed by atoms with E-state index in [2.05, 4.69) is 11.9 Å². The van der Waals surface area contributed by atoms with Gasteiger partial charge in [-0.2, -0.15) is 0 Å². The Morgan fingerprint density at radius 2 is 2.07 bits per heavy atom. The van der Waals surface area contributed by atoms with Crippen molar-refractivity contribution in [3.8, 4) is 5.75 Å². The number of nitrogens with one attached hydrogen (secondary N) is 1. The van der Waals surface area contributed by atoms with Crippen LogP contribution in [0.3, 0.4) is 0 Å². The molecule has 2 aromatic carbocycles. The second kappa shape index (κ2) is 9.64. The number of methoxy groups -OCH3 is 1. The molecule has 0 spiro atoms. The lowest BCUT2D eigenvalue weighted by Crippen LogP contribution is -2.40. The second-order valence-corrected chi connectivity index (χ2v) is 7.04. The van der Waals surface area contributed by atoms with Crippen molar-refractivity contribution in [3.05, 3.63) is 77.9 Å². The Kier molecular flexibility index (Phi) is 6.98. The zero-order valence-electron chi connectivity index (χ0n) is 16.3. The average Bonchev–Trinajstić information content (AvgIpc) is 3.07. The fourth-order valence-electron chi connectivity index (χ4n) is 3.61. The monoisotopic (exact) mass is 380 g/mol. The van der Waals surface area contributed by atoms with Gasteiger partial charge in [0.25, 0.3) is 0 Å². The molecule has 0 saturated heterocycles. The van der Waals surface area contributed by atoms with Crippen molar-refractivity contribution in [2.45, 2.75) is 31.0 Å². The Balaban J connectivity index is 1.63. The Labute approximate surface area is 166 Å². The number of fused-ring (bicyclic) bond motifs is 1. The van der Waals surface area contributed by atoms with Gasteiger partial charge in [-0.1, -0.05) is 42.5 Å². The molecule has 3 N–H and O–H groups in total. The van der Waals surface area contributed by atoms with Gasteiger partial charge < -0.3 is 20.5 Å². The Morgan fingerprint density at radius 3 is 2.79 bits per heavy atom. The van der Waals surface area contributed by atoms with Crippen LogP contribution in [0.15, 0.2) is 61.2 Å². The van der Waals surface area contributed by atoms with Crippen LogP contribution in [0.1, 0.15) is 35.3 Å². The maximum atomic E-state index is 12.5. The van der Waals surface area contributed by atoms with E-state index in [1.165, 1.54) is 0 Å². The summed E-state index contributed by atoms with van der Waals surface area (Å²) < 4.78 is 11.3. The van der Waals surface area contributed by atoms with Gasteiger partial charge in [0.1, 0.15) is 5.75 Å². The highest BCUT2D eigenvalue weighted by Gasteiger charge is 2.32. The molecule has 5 nitrogen and oxygen atoms in total. The van der Waals surface area contributed by atoms with E-state index in [1.807, 2.05) is 48.5 Å². The van der Waals surface area contributed by atoms with Crippen LogP contribution in [0.2, 0.25) is 0 Å². The molecule has 3 atom stereocenters. The molecular weight excluding hydrogens is 352 g/mol. The minimum atomic E-state index is -0.520. The molecule has 1 aliphatic carbocycles. The third kappa shape index (κ3) is 4.87. The molecule has 0 bridgehead atoms. The summed E-state index contributed by atoms with van der Waals surface area (Å²) in [6, 6.07) is 15.3. The van der Waals surface area contributed by atoms with Crippen molar-refractivity contribution in [2.75, 3.05) is 20.3 Å². The van der Waals surface area contributed by atoms with E-state index in [0.717, 1.165) is 28.9 Å². The Hall–Kier alpha value is -2.47. The molecule has 0 heterocycles. The molecule has 0 fully saturated rings. The Bertz CT molecular complexity index is 807. The molecule has 0 aromatic heterocycles. The third-order valence-electron chi connectivity index (χ3n) is 5.12. The fraction of sp³-hybridized carbons (Fsp3) is 0.348. The summed E-state index contributed by atoms with van der Waals surface area (Å²) >= 11 is 0. The summed E-state index contributed by atoms with van der Waals surface area (Å²) in [5, 5.41) is 3.37. The number of Topliss-reactive ketones (excluding diaryl/α,β-unsaturated/α-hetero) is 1. The fourth-order valence-corrected chi connectivity index (χ4v) is 3.61. The lowest BCUT2D eigenvalue weighted by molar-refractivity contribution is -0.119. The summed E-state index contributed by atoms with van der Waals surface area (Å²) in [4.78, 5) is 12.5. The van der Waals surface area contributed by atoms with Gasteiger partial charge in [0.2, 0.25) is 0 Å². The van der Waals surface area contributed by atoms with Crippen LogP contribution in [0.25, 0.3) is 0 Å². The van der Waals surface area contributed by atoms with Gasteiger partial charge >= 0.3 is 0 Å². The van der Waals surface area contributed by atoms with Gasteiger partial charge in [-0.05, 0) is 41.7 Å². The minimum absolute atomic E-state index is 0.00348. The molecule has 0 radical (unpaired) electrons. The summed E-state index contributed by atoms with van der Waals surface area (Å²) in [6.45, 7) is 4.43. The summed E-state index contributed by atoms with van der Waals surface area (Å²) in [6.07, 6.45) is 3.03. The number of hydrogen-bond acceptors (Lipinski definition) is 5. The van der Waals surface area contributed by atoms with Crippen LogP contribution in [0.5, 0.6) is 5.75 Å². The van der Waals surface area contributed by atoms with Crippen molar-refractivity contribution in [1.82, 2.24) is 5.32 Å². The highest BCUT2D eigenvalue weighted by molar-refractivity contribution is 5.86. The highest BCUT2D eigenvalue weighted by atomic mass is 16.5. The van der Waals surface area contributed by atoms with E-state index in [9.17, 15) is 4.79 Å². The van der Waals surface area contributed by atoms with Crippen LogP contribution in [-0.2, 0) is 16.0 Å². The summed E-state index contributed by atoms with van der Waals surface area (Å²) in [5.41, 5.74) is 9.42. The predicted octanol–water partition coefficient (Wildman–Crippen LogP) is 3.11. The van der Waals surface area contributed by atoms with Crippen LogP contribution in [0.4, 0.5) is 0 Å². The highest BCUT2D eigenvalue weighted by Crippen LogP contribution is 2.42. The molecule has 1 aliphatic rings. The number of benzene rings is 2. The van der Waals surface area contributed by atoms with Crippen molar-refractivity contribution >= 4 is 5.78 Å². The molecular formula is C23H28N2O3. The normalized spacial score (nSPS) is 19.1. The topological polar surface area (TPSA) is 73.6 Å². The standard InChI is InChI=1S/C23H28N2O3/c1-3-11-28-23-14-21(19-13-17(27-2)9-10-18(19)23)25-15-22(26)20(24)12-16-7-5-4-6-8-16/h3-10,13,20-21,23,25H,1,11-12,14-15,24H2,2H3/t20-,21+,23-/m0/s1. The predicted molar refractivity (Wildman–Crippen MR) is 110 cm³/mol. The molecule has 0 amide bonds. The van der Waals surface area contributed by atoms with Crippen molar-refractivity contribution in [3.63, 3.8) is 0 Å². The van der Waals surface area contributed by atoms with E-state index < -0.39 is 6.04 Å². The van der Waals surface area contributed by atoms with Crippen LogP contribution in [-0.4, -0.2) is 32.1 Å². The number of carbonyl (C=O) groups excluding carboxylic acids is 1. The van der Waals surface area contributed by atoms with Crippen molar-refractivity contribution in [1.29, 1.82) is 0 Å². The number of ether oxygens (including phenoxy) is 2. The number of hydrogen-bond donors (Lipinski definition) is 2. The van der Waals surface area contributed by atoms with E-state index in [0.29, 0.717) is 13.0 Å². The maximum absolute atomic E-state index is 12.5. The minimum Gasteiger partial charge on any atom is -0.497 e. The van der Waals surface area contributed by atoms with Gasteiger partial charge in [-0.25, -0.2) is 0 Å². The molecule has 0 unspecified atom stereocenters. The van der Waals surface area contributed by atoms with Gasteiger partial charge in [-0.3, -0.25) is 4.79 Å². The quantitative estimate of drug-likeness (QED) is 0.620. The van der Waals surface area contributed by atoms with Gasteiger partial charge in [0, 0.05) is 6.04 Å². The maximum Gasteiger partial charge on any atom is 0.163 e. The van der Waals surface area contributed by atoms with Gasteiger partial charge in [0.05, 0.1) is 32.4 Å². The van der Waals surface area contributed by atoms with E-state index in [-0.39, 0.29) is 24.5 Å². The average molecular weight is 380 g/mol. The lowest BCUT2D eigenvalue weighted by Gasteiger charge is -2.17. The first-order valence-electron chi connectivity index (χ1n) is 9.58. The van der Waals surface area contributed by atoms with Gasteiger partial charge in [0.15, 0.2) is 5.78 Å². The van der Waals surface area contributed by atoms with Crippen LogP contribution < -0.4 is 15.8 Å². The number of carbonyl (C=O) groups is 1. The number of ketones is 1. The first kappa shape index (κ1) is 20.3. The van der Waals surface area contributed by atoms with Crippen LogP contribution >= 0.6 is 0 Å². The zero-order chi connectivity index (χ0) is 19.9. The molecule has 2 aromatic rings. The SMILES string of the molecule is C=CCO[C@H]1C[C@@H](NCC(=O)[C@@H](N)Cc2ccccc2)c2cc(OC)ccc21. The smallest absolute Gasteiger partial charge is 0.163 e. The van der Waals surface area contributed by atoms with Crippen LogP contribution in [0, 0.1) is 0 Å². The van der Waals surface area contributed by atoms with Crippen molar-refractivity contribution < 1.29 is 14.3 Å². The van der Waals surface area contributed by atoms with E-state index in [4.69, 9.17) is 15.2 Å². The number of rotatable bonds is 10. The molecule has 148 valence electrons. The largest absolute Gasteiger partial charge is 0.497 e. The third-order valence-corrected chi connectivity index (χ3v) is 5.12. The number of nitrogens with two attached hydrogens (primary N) is 1. The molecule has 3 rings (SSSR count). The van der Waals surface area contributed by atoms with E-state index >= 15 is 0 Å². The summed E-state index contributed by atoms with van der Waals surface area (Å²) in [5.74, 6) is 0.797. The first-order valence-corrected chi connectivity index (χ1v) is 9.58. The first-order chi connectivity index (χ1) is 13.6. The van der Waals surface area contributed by atoms with Gasteiger partial charge in [-0.15, -0.1) is 6.58 Å². The zero-order valence-corrected chi connectivity index (χ0v) is 16.3. The molecule has 28 heavy (non-hydrogen) atoms. The Morgan fingerprint density at radius 1 is 1.29 bits per heavy atom. The molecule has 0 saturated carbocycles. The summed E-state index contributed by atoms with van der Waals surface area (Å²) in [7, 11) is 1.65. The van der Waals surface area contributed by atoms with Crippen molar-refractivity contribution in [2.24, 2.45) is 5.73 Å². The molecule has 0 aliphatic heterocycles. The molecule has 5 heteroatoms. The second-order valence-electron chi connectivity index (χ2n) is 7.04. The lowest BCUT2D eigenvalue weighted by atomic mass is 10.0. The van der Waals surface area contributed by atoms with E-state index in [1.54, 1.807) is 13.2 Å².